The van der Waals surface area contributed by atoms with Crippen molar-refractivity contribution in [3.8, 4) is 11.5 Å². The van der Waals surface area contributed by atoms with Crippen LogP contribution in [0.4, 0.5) is 0 Å². The molecule has 0 saturated heterocycles. The van der Waals surface area contributed by atoms with Crippen LogP contribution in [0, 0.1) is 5.92 Å². The van der Waals surface area contributed by atoms with Gasteiger partial charge < -0.3 is 9.73 Å². The molecule has 2 aromatic rings. The Hall–Kier alpha value is -1.53. The number of thioether (sulfide) groups is 1. The molecule has 0 aliphatic carbocycles. The van der Waals surface area contributed by atoms with Gasteiger partial charge in [0.2, 0.25) is 11.8 Å². The Bertz CT molecular complexity index is 616. The van der Waals surface area contributed by atoms with Crippen molar-refractivity contribution < 1.29 is 9.21 Å². The molecule has 0 radical (unpaired) electrons. The number of benzene rings is 1. The van der Waals surface area contributed by atoms with Gasteiger partial charge in [0.1, 0.15) is 0 Å². The highest BCUT2D eigenvalue weighted by molar-refractivity contribution is 7.99. The van der Waals surface area contributed by atoms with E-state index in [1.807, 2.05) is 26.0 Å². The van der Waals surface area contributed by atoms with Crippen LogP contribution in [-0.4, -0.2) is 28.4 Å². The summed E-state index contributed by atoms with van der Waals surface area (Å²) in [5, 5.41) is 11.7. The molecule has 1 heterocycles. The summed E-state index contributed by atoms with van der Waals surface area (Å²) in [5.41, 5.74) is 0.756. The summed E-state index contributed by atoms with van der Waals surface area (Å²) in [6.45, 7) is 4.75. The molecule has 0 spiro atoms. The van der Waals surface area contributed by atoms with E-state index in [2.05, 4.69) is 15.5 Å². The Morgan fingerprint density at radius 2 is 2.24 bits per heavy atom. The van der Waals surface area contributed by atoms with Gasteiger partial charge in [-0.05, 0) is 24.1 Å². The lowest BCUT2D eigenvalue weighted by Gasteiger charge is -2.05. The predicted molar refractivity (Wildman–Crippen MR) is 83.3 cm³/mol. The molecular weight excluding hydrogens is 310 g/mol. The van der Waals surface area contributed by atoms with Crippen molar-refractivity contribution in [1.29, 1.82) is 0 Å². The molecule has 0 atom stereocenters. The SMILES string of the molecule is CC(C)CNC(=O)CSc1nnc(-c2cccc(Cl)c2)o1. The van der Waals surface area contributed by atoms with E-state index in [0.717, 1.165) is 5.56 Å². The van der Waals surface area contributed by atoms with Gasteiger partial charge in [0.15, 0.2) is 0 Å². The molecule has 0 unspecified atom stereocenters. The molecule has 0 aliphatic rings. The lowest BCUT2D eigenvalue weighted by molar-refractivity contribution is -0.118. The number of carbonyl (C=O) groups is 1. The zero-order valence-electron chi connectivity index (χ0n) is 11.8. The molecule has 21 heavy (non-hydrogen) atoms. The number of hydrogen-bond donors (Lipinski definition) is 1. The number of rotatable bonds is 6. The van der Waals surface area contributed by atoms with E-state index in [1.165, 1.54) is 11.8 Å². The smallest absolute Gasteiger partial charge is 0.277 e. The summed E-state index contributed by atoms with van der Waals surface area (Å²) in [7, 11) is 0. The zero-order chi connectivity index (χ0) is 15.2. The normalized spacial score (nSPS) is 10.9. The summed E-state index contributed by atoms with van der Waals surface area (Å²) in [6, 6.07) is 7.17. The molecular formula is C14H16ClN3O2S. The fraction of sp³-hybridized carbons (Fsp3) is 0.357. The second-order valence-electron chi connectivity index (χ2n) is 4.87. The van der Waals surface area contributed by atoms with Crippen LogP contribution in [0.25, 0.3) is 11.5 Å². The van der Waals surface area contributed by atoms with Gasteiger partial charge in [-0.1, -0.05) is 43.3 Å². The molecule has 0 aliphatic heterocycles. The number of aromatic nitrogens is 2. The van der Waals surface area contributed by atoms with Crippen molar-refractivity contribution in [3.63, 3.8) is 0 Å². The Balaban J connectivity index is 1.90. The minimum atomic E-state index is -0.0452. The van der Waals surface area contributed by atoms with Crippen LogP contribution in [0.3, 0.4) is 0 Å². The maximum absolute atomic E-state index is 11.6. The zero-order valence-corrected chi connectivity index (χ0v) is 13.4. The maximum Gasteiger partial charge on any atom is 0.277 e. The van der Waals surface area contributed by atoms with E-state index in [-0.39, 0.29) is 11.7 Å². The van der Waals surface area contributed by atoms with E-state index in [0.29, 0.717) is 28.6 Å². The van der Waals surface area contributed by atoms with Gasteiger partial charge in [0, 0.05) is 17.1 Å². The minimum Gasteiger partial charge on any atom is -0.411 e. The summed E-state index contributed by atoms with van der Waals surface area (Å²) in [5.74, 6) is 1.03. The van der Waals surface area contributed by atoms with Gasteiger partial charge in [-0.2, -0.15) is 0 Å². The van der Waals surface area contributed by atoms with Crippen molar-refractivity contribution in [3.05, 3.63) is 29.3 Å². The van der Waals surface area contributed by atoms with Crippen molar-refractivity contribution in [2.75, 3.05) is 12.3 Å². The van der Waals surface area contributed by atoms with Crippen LogP contribution >= 0.6 is 23.4 Å². The van der Waals surface area contributed by atoms with E-state index in [1.54, 1.807) is 12.1 Å². The molecule has 0 bridgehead atoms. The molecule has 0 saturated carbocycles. The second kappa shape index (κ2) is 7.47. The Labute approximate surface area is 132 Å². The van der Waals surface area contributed by atoms with Crippen LogP contribution in [-0.2, 0) is 4.79 Å². The van der Waals surface area contributed by atoms with E-state index in [4.69, 9.17) is 16.0 Å². The average molecular weight is 326 g/mol. The molecule has 2 rings (SSSR count). The molecule has 1 aromatic carbocycles. The van der Waals surface area contributed by atoms with Crippen molar-refractivity contribution in [1.82, 2.24) is 15.5 Å². The van der Waals surface area contributed by atoms with Crippen molar-refractivity contribution in [2.24, 2.45) is 5.92 Å². The number of nitrogens with zero attached hydrogens (tertiary/aromatic N) is 2. The first-order valence-corrected chi connectivity index (χ1v) is 7.90. The first kappa shape index (κ1) is 15.9. The Morgan fingerprint density at radius 3 is 2.95 bits per heavy atom. The van der Waals surface area contributed by atoms with Crippen LogP contribution < -0.4 is 5.32 Å². The molecule has 1 aromatic heterocycles. The Morgan fingerprint density at radius 1 is 1.43 bits per heavy atom. The molecule has 1 N–H and O–H groups in total. The summed E-state index contributed by atoms with van der Waals surface area (Å²) < 4.78 is 5.50. The predicted octanol–water partition coefficient (Wildman–Crippen LogP) is 3.25. The standard InChI is InChI=1S/C14H16ClN3O2S/c1-9(2)7-16-12(19)8-21-14-18-17-13(20-14)10-4-3-5-11(15)6-10/h3-6,9H,7-8H2,1-2H3,(H,16,19). The van der Waals surface area contributed by atoms with Crippen LogP contribution in [0.5, 0.6) is 0 Å². The lowest BCUT2D eigenvalue weighted by atomic mass is 10.2. The first-order valence-electron chi connectivity index (χ1n) is 6.53. The van der Waals surface area contributed by atoms with Gasteiger partial charge in [-0.15, -0.1) is 10.2 Å². The number of amides is 1. The molecule has 112 valence electrons. The summed E-state index contributed by atoms with van der Waals surface area (Å²) >= 11 is 7.13. The largest absolute Gasteiger partial charge is 0.411 e. The first-order chi connectivity index (χ1) is 10.0. The average Bonchev–Trinajstić information content (AvgIpc) is 2.92. The van der Waals surface area contributed by atoms with Crippen molar-refractivity contribution in [2.45, 2.75) is 19.1 Å². The molecule has 1 amide bonds. The summed E-state index contributed by atoms with van der Waals surface area (Å²) in [6.07, 6.45) is 0. The topological polar surface area (TPSA) is 68.0 Å². The number of halogens is 1. The highest BCUT2D eigenvalue weighted by atomic mass is 35.5. The third-order valence-electron chi connectivity index (χ3n) is 2.51. The van der Waals surface area contributed by atoms with Crippen molar-refractivity contribution >= 4 is 29.3 Å². The number of hydrogen-bond acceptors (Lipinski definition) is 5. The lowest BCUT2D eigenvalue weighted by Crippen LogP contribution is -2.28. The van der Waals surface area contributed by atoms with E-state index < -0.39 is 0 Å². The third kappa shape index (κ3) is 5.06. The second-order valence-corrected chi connectivity index (χ2v) is 6.23. The monoisotopic (exact) mass is 325 g/mol. The van der Waals surface area contributed by atoms with E-state index in [9.17, 15) is 4.79 Å². The fourth-order valence-corrected chi connectivity index (χ4v) is 2.29. The molecule has 5 nitrogen and oxygen atoms in total. The number of carbonyl (C=O) groups excluding carboxylic acids is 1. The molecule has 7 heteroatoms. The minimum absolute atomic E-state index is 0.0452. The highest BCUT2D eigenvalue weighted by Gasteiger charge is 2.11. The van der Waals surface area contributed by atoms with Gasteiger partial charge in [-0.25, -0.2) is 0 Å². The van der Waals surface area contributed by atoms with E-state index >= 15 is 0 Å². The Kier molecular flexibility index (Phi) is 5.64. The van der Waals surface area contributed by atoms with Gasteiger partial charge in [-0.3, -0.25) is 4.79 Å². The molecule has 0 fully saturated rings. The fourth-order valence-electron chi connectivity index (χ4n) is 1.50. The van der Waals surface area contributed by atoms with Gasteiger partial charge in [0.05, 0.1) is 5.75 Å². The van der Waals surface area contributed by atoms with Crippen LogP contribution in [0.15, 0.2) is 33.9 Å². The third-order valence-corrected chi connectivity index (χ3v) is 3.57. The number of nitrogens with one attached hydrogen (secondary N) is 1. The van der Waals surface area contributed by atoms with Gasteiger partial charge >= 0.3 is 0 Å². The maximum atomic E-state index is 11.6. The van der Waals surface area contributed by atoms with Gasteiger partial charge in [0.25, 0.3) is 5.22 Å². The van der Waals surface area contributed by atoms with Crippen LogP contribution in [0.2, 0.25) is 5.02 Å². The highest BCUT2D eigenvalue weighted by Crippen LogP contribution is 2.24. The quantitative estimate of drug-likeness (QED) is 0.826. The summed E-state index contributed by atoms with van der Waals surface area (Å²) in [4.78, 5) is 11.6. The van der Waals surface area contributed by atoms with Crippen LogP contribution in [0.1, 0.15) is 13.8 Å².